The summed E-state index contributed by atoms with van der Waals surface area (Å²) in [4.78, 5) is 11.7. The fourth-order valence-electron chi connectivity index (χ4n) is 6.91. The first kappa shape index (κ1) is 28.9. The van der Waals surface area contributed by atoms with Gasteiger partial charge in [0.25, 0.3) is 0 Å². The van der Waals surface area contributed by atoms with Crippen molar-refractivity contribution in [2.24, 2.45) is 11.8 Å². The van der Waals surface area contributed by atoms with Gasteiger partial charge in [0, 0.05) is 39.0 Å². The van der Waals surface area contributed by atoms with E-state index in [9.17, 15) is 0 Å². The SMILES string of the molecule is c1cc(-c2ccc(-c3ccc(-c4ccc(CCCCC5CCCCC5)s4)s3)s2)sc1CCCCC1CCCCC1. The molecule has 4 heterocycles. The minimum atomic E-state index is 1.03. The Hall–Kier alpha value is -1.20. The minimum absolute atomic E-state index is 1.03. The number of thiophene rings is 4. The standard InChI is InChI=1S/C36H46S4/c1-3-11-27(12-4-1)15-7-9-17-29-19-21-31(37-29)33-23-25-35(39-33)36-26-24-34(40-36)32-22-20-30(38-32)18-10-8-16-28-13-5-2-6-14-28/h19-28H,1-18H2. The van der Waals surface area contributed by atoms with Crippen molar-refractivity contribution in [2.75, 3.05) is 0 Å². The van der Waals surface area contributed by atoms with Gasteiger partial charge in [0.2, 0.25) is 0 Å². The Morgan fingerprint density at radius 1 is 0.400 bits per heavy atom. The van der Waals surface area contributed by atoms with Gasteiger partial charge in [-0.2, -0.15) is 0 Å². The van der Waals surface area contributed by atoms with Crippen molar-refractivity contribution in [2.45, 2.75) is 116 Å². The molecule has 0 amide bonds. The monoisotopic (exact) mass is 606 g/mol. The highest BCUT2D eigenvalue weighted by molar-refractivity contribution is 7.28. The van der Waals surface area contributed by atoms with Crippen LogP contribution in [0.15, 0.2) is 48.5 Å². The molecular weight excluding hydrogens is 561 g/mol. The van der Waals surface area contributed by atoms with E-state index in [0.29, 0.717) is 0 Å². The second kappa shape index (κ2) is 14.8. The van der Waals surface area contributed by atoms with Crippen LogP contribution in [0.1, 0.15) is 112 Å². The minimum Gasteiger partial charge on any atom is -0.139 e. The van der Waals surface area contributed by atoms with Crippen LogP contribution in [0.2, 0.25) is 0 Å². The molecule has 0 aromatic carbocycles. The molecule has 0 N–H and O–H groups in total. The molecule has 4 aromatic heterocycles. The molecular formula is C36H46S4. The summed E-state index contributed by atoms with van der Waals surface area (Å²) in [5.74, 6) is 2.05. The third-order valence-electron chi connectivity index (χ3n) is 9.28. The van der Waals surface area contributed by atoms with Crippen LogP contribution in [0.25, 0.3) is 29.3 Å². The highest BCUT2D eigenvalue weighted by Crippen LogP contribution is 2.43. The largest absolute Gasteiger partial charge is 0.139 e. The predicted molar refractivity (Wildman–Crippen MR) is 183 cm³/mol. The Labute approximate surface area is 258 Å². The zero-order chi connectivity index (χ0) is 27.0. The van der Waals surface area contributed by atoms with Crippen LogP contribution < -0.4 is 0 Å². The molecule has 0 radical (unpaired) electrons. The van der Waals surface area contributed by atoms with Crippen molar-refractivity contribution in [3.8, 4) is 29.3 Å². The van der Waals surface area contributed by atoms with Crippen LogP contribution in [-0.2, 0) is 12.8 Å². The molecule has 0 saturated heterocycles. The molecule has 2 aliphatic rings. The lowest BCUT2D eigenvalue weighted by molar-refractivity contribution is 0.330. The normalized spacial score (nSPS) is 17.1. The molecule has 0 unspecified atom stereocenters. The van der Waals surface area contributed by atoms with Crippen molar-refractivity contribution in [1.82, 2.24) is 0 Å². The van der Waals surface area contributed by atoms with E-state index in [-0.39, 0.29) is 0 Å². The summed E-state index contributed by atoms with van der Waals surface area (Å²) in [7, 11) is 0. The molecule has 0 atom stereocenters. The summed E-state index contributed by atoms with van der Waals surface area (Å²) in [6, 6.07) is 18.8. The number of rotatable bonds is 13. The highest BCUT2D eigenvalue weighted by Gasteiger charge is 2.15. The van der Waals surface area contributed by atoms with Crippen molar-refractivity contribution in [1.29, 1.82) is 0 Å². The smallest absolute Gasteiger partial charge is 0.0449 e. The summed E-state index contributed by atoms with van der Waals surface area (Å²) in [5.41, 5.74) is 0. The first-order valence-corrected chi connectivity index (χ1v) is 19.4. The van der Waals surface area contributed by atoms with E-state index >= 15 is 0 Å². The third kappa shape index (κ3) is 8.00. The molecule has 4 heteroatoms. The van der Waals surface area contributed by atoms with Crippen molar-refractivity contribution >= 4 is 45.3 Å². The fraction of sp³-hybridized carbons (Fsp3) is 0.556. The average Bonchev–Trinajstić information content (AvgIpc) is 3.81. The van der Waals surface area contributed by atoms with Gasteiger partial charge in [-0.1, -0.05) is 89.9 Å². The van der Waals surface area contributed by atoms with Crippen molar-refractivity contribution < 1.29 is 0 Å². The van der Waals surface area contributed by atoms with Crippen molar-refractivity contribution in [3.05, 3.63) is 58.3 Å². The fourth-order valence-corrected chi connectivity index (χ4v) is 11.3. The van der Waals surface area contributed by atoms with E-state index in [4.69, 9.17) is 0 Å². The van der Waals surface area contributed by atoms with E-state index in [0.717, 1.165) is 11.8 Å². The number of aryl methyl sites for hydroxylation is 2. The molecule has 214 valence electrons. The summed E-state index contributed by atoms with van der Waals surface area (Å²) in [5, 5.41) is 0. The van der Waals surface area contributed by atoms with E-state index in [1.165, 1.54) is 145 Å². The molecule has 2 aliphatic carbocycles. The van der Waals surface area contributed by atoms with E-state index < -0.39 is 0 Å². The first-order valence-electron chi connectivity index (χ1n) is 16.2. The summed E-state index contributed by atoms with van der Waals surface area (Å²) in [6.07, 6.45) is 25.8. The van der Waals surface area contributed by atoms with Gasteiger partial charge in [-0.05, 0) is 86.1 Å². The average molecular weight is 607 g/mol. The zero-order valence-corrected chi connectivity index (χ0v) is 27.4. The molecule has 2 saturated carbocycles. The molecule has 0 spiro atoms. The number of hydrogen-bond donors (Lipinski definition) is 0. The Morgan fingerprint density at radius 2 is 0.750 bits per heavy atom. The first-order chi connectivity index (χ1) is 19.8. The lowest BCUT2D eigenvalue weighted by atomic mass is 9.85. The van der Waals surface area contributed by atoms with Gasteiger partial charge in [0.15, 0.2) is 0 Å². The molecule has 0 aliphatic heterocycles. The van der Waals surface area contributed by atoms with Gasteiger partial charge in [-0.15, -0.1) is 45.3 Å². The third-order valence-corrected chi connectivity index (χ3v) is 14.3. The Bertz CT molecular complexity index is 1190. The summed E-state index contributed by atoms with van der Waals surface area (Å²) in [6.45, 7) is 0. The lowest BCUT2D eigenvalue weighted by Crippen LogP contribution is -2.05. The summed E-state index contributed by atoms with van der Waals surface area (Å²) < 4.78 is 0. The second-order valence-corrected chi connectivity index (χ2v) is 16.9. The van der Waals surface area contributed by atoms with Gasteiger partial charge in [0.1, 0.15) is 0 Å². The molecule has 6 rings (SSSR count). The van der Waals surface area contributed by atoms with Crippen LogP contribution in [-0.4, -0.2) is 0 Å². The van der Waals surface area contributed by atoms with Gasteiger partial charge < -0.3 is 0 Å². The van der Waals surface area contributed by atoms with E-state index in [1.54, 1.807) is 9.75 Å². The quantitative estimate of drug-likeness (QED) is 0.133. The predicted octanol–water partition coefficient (Wildman–Crippen LogP) is 13.5. The van der Waals surface area contributed by atoms with Crippen molar-refractivity contribution in [3.63, 3.8) is 0 Å². The van der Waals surface area contributed by atoms with Crippen LogP contribution in [0.3, 0.4) is 0 Å². The highest BCUT2D eigenvalue weighted by atomic mass is 32.1. The Morgan fingerprint density at radius 3 is 1.15 bits per heavy atom. The van der Waals surface area contributed by atoms with Gasteiger partial charge in [-0.25, -0.2) is 0 Å². The van der Waals surface area contributed by atoms with Gasteiger partial charge in [-0.3, -0.25) is 0 Å². The molecule has 0 bridgehead atoms. The van der Waals surface area contributed by atoms with Crippen LogP contribution in [0, 0.1) is 11.8 Å². The Balaban J connectivity index is 0.974. The van der Waals surface area contributed by atoms with Crippen LogP contribution >= 0.6 is 45.3 Å². The second-order valence-electron chi connectivity index (χ2n) is 12.4. The molecule has 4 aromatic rings. The van der Waals surface area contributed by atoms with Crippen LogP contribution in [0.4, 0.5) is 0 Å². The maximum Gasteiger partial charge on any atom is 0.0449 e. The molecule has 2 fully saturated rings. The lowest BCUT2D eigenvalue weighted by Gasteiger charge is -2.21. The number of hydrogen-bond acceptors (Lipinski definition) is 4. The number of unbranched alkanes of at least 4 members (excludes halogenated alkanes) is 2. The van der Waals surface area contributed by atoms with Gasteiger partial charge >= 0.3 is 0 Å². The molecule has 40 heavy (non-hydrogen) atoms. The maximum atomic E-state index is 2.38. The van der Waals surface area contributed by atoms with E-state index in [2.05, 4.69) is 48.5 Å². The van der Waals surface area contributed by atoms with E-state index in [1.807, 2.05) is 45.3 Å². The summed E-state index contributed by atoms with van der Waals surface area (Å²) >= 11 is 7.96. The maximum absolute atomic E-state index is 2.38. The topological polar surface area (TPSA) is 0 Å². The van der Waals surface area contributed by atoms with Gasteiger partial charge in [0.05, 0.1) is 0 Å². The van der Waals surface area contributed by atoms with Crippen LogP contribution in [0.5, 0.6) is 0 Å². The zero-order valence-electron chi connectivity index (χ0n) is 24.1. The molecule has 0 nitrogen and oxygen atoms in total. The Kier molecular flexibility index (Phi) is 10.7.